The Balaban J connectivity index is 0.000001000. The molecular formula is C4H3AgN2O4. The summed E-state index contributed by atoms with van der Waals surface area (Å²) >= 11 is 0. The third-order valence-corrected chi connectivity index (χ3v) is 1.01. The summed E-state index contributed by atoms with van der Waals surface area (Å²) in [6.07, 6.45) is -1.66. The van der Waals surface area contributed by atoms with Crippen LogP contribution in [0, 0.1) is 0 Å². The largest absolute Gasteiger partial charge is 1.00 e. The molecule has 0 aromatic rings. The maximum absolute atomic E-state index is 10.4. The number of rotatable bonds is 0. The molecule has 0 saturated carbocycles. The van der Waals surface area contributed by atoms with Gasteiger partial charge in [-0.15, -0.1) is 0 Å². The Bertz CT molecular complexity index is 216. The summed E-state index contributed by atoms with van der Waals surface area (Å²) in [6, 6.07) is -0.940. The van der Waals surface area contributed by atoms with Crippen LogP contribution in [0.1, 0.15) is 0 Å². The molecule has 1 heterocycles. The van der Waals surface area contributed by atoms with E-state index in [1.54, 1.807) is 5.32 Å². The summed E-state index contributed by atoms with van der Waals surface area (Å²) in [5.41, 5.74) is 0. The molecule has 0 atom stereocenters. The molecule has 4 amide bonds. The molecular weight excluding hydrogens is 248 g/mol. The van der Waals surface area contributed by atoms with Gasteiger partial charge in [0.25, 0.3) is 0 Å². The van der Waals surface area contributed by atoms with E-state index in [-0.39, 0.29) is 22.4 Å². The van der Waals surface area contributed by atoms with Gasteiger partial charge in [-0.05, 0) is 0 Å². The van der Waals surface area contributed by atoms with Gasteiger partial charge in [0, 0.05) is 0 Å². The minimum Gasteiger partial charge on any atom is -0.529 e. The molecule has 0 aliphatic carbocycles. The van der Waals surface area contributed by atoms with Crippen LogP contribution in [-0.4, -0.2) is 29.5 Å². The number of urea groups is 1. The topological polar surface area (TPSA) is 89.5 Å². The normalized spacial score (nSPS) is 15.8. The summed E-state index contributed by atoms with van der Waals surface area (Å²) in [6.45, 7) is -0.457. The second kappa shape index (κ2) is 3.51. The van der Waals surface area contributed by atoms with E-state index < -0.39 is 24.6 Å². The number of carboxylic acid groups (broad SMARTS) is 1. The van der Waals surface area contributed by atoms with Crippen LogP contribution in [0.2, 0.25) is 0 Å². The molecule has 1 rings (SSSR count). The van der Waals surface area contributed by atoms with Crippen LogP contribution in [0.25, 0.3) is 0 Å². The third-order valence-electron chi connectivity index (χ3n) is 1.01. The number of hydrogen-bond donors (Lipinski definition) is 1. The predicted molar refractivity (Wildman–Crippen MR) is 25.6 cm³/mol. The molecule has 1 saturated heterocycles. The summed E-state index contributed by atoms with van der Waals surface area (Å²) in [5.74, 6) is -0.630. The van der Waals surface area contributed by atoms with Crippen molar-refractivity contribution in [1.29, 1.82) is 0 Å². The fourth-order valence-electron chi connectivity index (χ4n) is 0.589. The quantitative estimate of drug-likeness (QED) is 0.393. The Morgan fingerprint density at radius 1 is 1.55 bits per heavy atom. The first kappa shape index (κ1) is 10.2. The minimum atomic E-state index is -1.66. The van der Waals surface area contributed by atoms with Gasteiger partial charge in [0.15, 0.2) is 0 Å². The number of hydrogen-bond acceptors (Lipinski definition) is 4. The number of carbonyl (C=O) groups excluding carboxylic acids is 3. The predicted octanol–water partition coefficient (Wildman–Crippen LogP) is -2.12. The van der Waals surface area contributed by atoms with Crippen LogP contribution in [0.4, 0.5) is 9.59 Å². The van der Waals surface area contributed by atoms with Crippen molar-refractivity contribution in [1.82, 2.24) is 10.2 Å². The van der Waals surface area contributed by atoms with Crippen molar-refractivity contribution < 1.29 is 41.9 Å². The van der Waals surface area contributed by atoms with E-state index in [4.69, 9.17) is 0 Å². The Hall–Kier alpha value is -0.850. The first-order chi connectivity index (χ1) is 4.61. The molecule has 1 N–H and O–H groups in total. The van der Waals surface area contributed by atoms with Gasteiger partial charge in [-0.2, -0.15) is 0 Å². The summed E-state index contributed by atoms with van der Waals surface area (Å²) in [4.78, 5) is 31.0. The van der Waals surface area contributed by atoms with Crippen LogP contribution in [0.3, 0.4) is 0 Å². The van der Waals surface area contributed by atoms with E-state index >= 15 is 0 Å². The molecule has 1 fully saturated rings. The number of carbonyl (C=O) groups is 3. The van der Waals surface area contributed by atoms with Gasteiger partial charge in [0.05, 0.1) is 0 Å². The molecule has 1 aliphatic rings. The third kappa shape index (κ3) is 2.04. The molecule has 0 aromatic heterocycles. The second-order valence-corrected chi connectivity index (χ2v) is 1.71. The SMILES string of the molecule is O=C1CN(C(=O)[O-])C(=O)N1.[Ag+]. The Kier molecular flexibility index (Phi) is 3.24. The molecule has 0 radical (unpaired) electrons. The Labute approximate surface area is 77.1 Å². The van der Waals surface area contributed by atoms with Crippen LogP contribution >= 0.6 is 0 Å². The van der Waals surface area contributed by atoms with Gasteiger partial charge in [-0.3, -0.25) is 15.0 Å². The smallest absolute Gasteiger partial charge is 0.529 e. The molecule has 7 heteroatoms. The van der Waals surface area contributed by atoms with Crippen molar-refractivity contribution in [2.45, 2.75) is 0 Å². The zero-order chi connectivity index (χ0) is 7.72. The monoisotopic (exact) mass is 250 g/mol. The standard InChI is InChI=1S/C4H4N2O4.Ag/c7-2-1-6(4(9)10)3(8)5-2;/h1H2,(H,9,10)(H,5,7,8);/q;+1/p-1. The van der Waals surface area contributed by atoms with E-state index in [0.29, 0.717) is 4.90 Å². The molecule has 11 heavy (non-hydrogen) atoms. The summed E-state index contributed by atoms with van der Waals surface area (Å²) in [7, 11) is 0. The summed E-state index contributed by atoms with van der Waals surface area (Å²) in [5, 5.41) is 11.7. The summed E-state index contributed by atoms with van der Waals surface area (Å²) < 4.78 is 0. The zero-order valence-corrected chi connectivity index (χ0v) is 6.57. The maximum atomic E-state index is 10.4. The maximum Gasteiger partial charge on any atom is 1.00 e. The van der Waals surface area contributed by atoms with Gasteiger partial charge < -0.3 is 9.90 Å². The Morgan fingerprint density at radius 2 is 2.09 bits per heavy atom. The second-order valence-electron chi connectivity index (χ2n) is 1.71. The minimum absolute atomic E-state index is 0. The first-order valence-electron chi connectivity index (χ1n) is 2.43. The van der Waals surface area contributed by atoms with Crippen molar-refractivity contribution in [3.05, 3.63) is 0 Å². The van der Waals surface area contributed by atoms with Crippen molar-refractivity contribution in [2.75, 3.05) is 6.54 Å². The van der Waals surface area contributed by atoms with Crippen LogP contribution in [0.5, 0.6) is 0 Å². The average Bonchev–Trinajstić information content (AvgIpc) is 2.10. The molecule has 0 aromatic carbocycles. The van der Waals surface area contributed by atoms with Crippen LogP contribution in [-0.2, 0) is 27.2 Å². The van der Waals surface area contributed by atoms with Crippen molar-refractivity contribution in [2.24, 2.45) is 0 Å². The molecule has 1 aliphatic heterocycles. The number of nitrogens with one attached hydrogen (secondary N) is 1. The van der Waals surface area contributed by atoms with E-state index in [2.05, 4.69) is 0 Å². The number of amides is 4. The van der Waals surface area contributed by atoms with Gasteiger partial charge in [-0.25, -0.2) is 4.79 Å². The fraction of sp³-hybridized carbons (Fsp3) is 0.250. The van der Waals surface area contributed by atoms with Gasteiger partial charge in [-0.1, -0.05) is 0 Å². The van der Waals surface area contributed by atoms with Crippen molar-refractivity contribution in [3.8, 4) is 0 Å². The van der Waals surface area contributed by atoms with Gasteiger partial charge in [0.2, 0.25) is 5.91 Å². The van der Waals surface area contributed by atoms with E-state index in [0.717, 1.165) is 0 Å². The van der Waals surface area contributed by atoms with Crippen LogP contribution < -0.4 is 10.4 Å². The first-order valence-corrected chi connectivity index (χ1v) is 2.43. The Morgan fingerprint density at radius 3 is 2.27 bits per heavy atom. The molecule has 0 spiro atoms. The number of imide groups is 2. The molecule has 64 valence electrons. The molecule has 0 bridgehead atoms. The van der Waals surface area contributed by atoms with Crippen molar-refractivity contribution in [3.63, 3.8) is 0 Å². The van der Waals surface area contributed by atoms with Crippen molar-refractivity contribution >= 4 is 18.0 Å². The van der Waals surface area contributed by atoms with E-state index in [9.17, 15) is 19.5 Å². The van der Waals surface area contributed by atoms with E-state index in [1.807, 2.05) is 0 Å². The average molecular weight is 251 g/mol. The van der Waals surface area contributed by atoms with E-state index in [1.165, 1.54) is 0 Å². The zero-order valence-electron chi connectivity index (χ0n) is 5.09. The van der Waals surface area contributed by atoms with Gasteiger partial charge >= 0.3 is 28.4 Å². The molecule has 0 unspecified atom stereocenters. The number of nitrogens with zero attached hydrogens (tertiary/aromatic N) is 1. The molecule has 6 nitrogen and oxygen atoms in total. The van der Waals surface area contributed by atoms with Gasteiger partial charge in [0.1, 0.15) is 12.6 Å². The van der Waals surface area contributed by atoms with Crippen LogP contribution in [0.15, 0.2) is 0 Å². The fourth-order valence-corrected chi connectivity index (χ4v) is 0.589.